The molecule has 0 aliphatic carbocycles. The second-order valence-corrected chi connectivity index (χ2v) is 11.9. The van der Waals surface area contributed by atoms with Crippen LogP contribution in [0.1, 0.15) is 18.4 Å². The van der Waals surface area contributed by atoms with Crippen molar-refractivity contribution in [1.82, 2.24) is 8.87 Å². The number of methoxy groups -OCH3 is 3. The third kappa shape index (κ3) is 5.54. The van der Waals surface area contributed by atoms with Crippen LogP contribution in [-0.4, -0.2) is 65.4 Å². The molecule has 0 spiro atoms. The van der Waals surface area contributed by atoms with Crippen molar-refractivity contribution in [1.29, 1.82) is 0 Å². The van der Waals surface area contributed by atoms with E-state index in [-0.39, 0.29) is 11.0 Å². The van der Waals surface area contributed by atoms with Crippen LogP contribution >= 0.6 is 11.3 Å². The second kappa shape index (κ2) is 11.3. The average Bonchev–Trinajstić information content (AvgIpc) is 3.54. The zero-order valence-corrected chi connectivity index (χ0v) is 23.6. The molecule has 1 saturated heterocycles. The van der Waals surface area contributed by atoms with E-state index < -0.39 is 10.0 Å². The quantitative estimate of drug-likeness (QED) is 0.399. The number of hydrogen-bond donors (Lipinski definition) is 0. The maximum absolute atomic E-state index is 12.7. The highest BCUT2D eigenvalue weighted by atomic mass is 32.2. The Morgan fingerprint density at radius 1 is 1.11 bits per heavy atom. The van der Waals surface area contributed by atoms with Gasteiger partial charge in [-0.25, -0.2) is 17.7 Å². The number of thiazole rings is 1. The van der Waals surface area contributed by atoms with Gasteiger partial charge in [0, 0.05) is 31.6 Å². The van der Waals surface area contributed by atoms with Crippen molar-refractivity contribution < 1.29 is 27.4 Å². The number of nitrogens with zero attached hydrogens (tertiary/aromatic N) is 3. The lowest BCUT2D eigenvalue weighted by atomic mass is 10.1. The molecule has 37 heavy (non-hydrogen) atoms. The Kier molecular flexibility index (Phi) is 8.27. The molecule has 9 nitrogen and oxygen atoms in total. The van der Waals surface area contributed by atoms with Crippen LogP contribution in [0.3, 0.4) is 0 Å². The first-order valence-electron chi connectivity index (χ1n) is 11.9. The number of sulfonamides is 1. The number of benzene rings is 2. The fourth-order valence-electron chi connectivity index (χ4n) is 4.23. The zero-order chi connectivity index (χ0) is 26.7. The highest BCUT2D eigenvalue weighted by molar-refractivity contribution is 7.89. The number of aromatic nitrogens is 1. The predicted octanol–water partition coefficient (Wildman–Crippen LogP) is 4.21. The summed E-state index contributed by atoms with van der Waals surface area (Å²) in [6.45, 7) is 3.27. The first-order chi connectivity index (χ1) is 17.7. The first kappa shape index (κ1) is 27.2. The van der Waals surface area contributed by atoms with Gasteiger partial charge < -0.3 is 23.5 Å². The van der Waals surface area contributed by atoms with Crippen molar-refractivity contribution >= 4 is 27.0 Å². The van der Waals surface area contributed by atoms with Crippen LogP contribution in [0.15, 0.2) is 45.6 Å². The minimum Gasteiger partial charge on any atom is -0.493 e. The molecule has 1 atom stereocenters. The van der Waals surface area contributed by atoms with Gasteiger partial charge in [0.1, 0.15) is 0 Å². The minimum absolute atomic E-state index is 0.0656. The molecule has 2 heterocycles. The molecule has 1 aliphatic heterocycles. The van der Waals surface area contributed by atoms with E-state index in [2.05, 4.69) is 4.57 Å². The third-order valence-corrected chi connectivity index (χ3v) is 9.02. The minimum atomic E-state index is -3.59. The van der Waals surface area contributed by atoms with Crippen LogP contribution in [0.4, 0.5) is 5.69 Å². The molecule has 1 aliphatic rings. The van der Waals surface area contributed by atoms with Gasteiger partial charge in [-0.3, -0.25) is 0 Å². The average molecular weight is 548 g/mol. The molecule has 0 radical (unpaired) electrons. The van der Waals surface area contributed by atoms with Crippen molar-refractivity contribution in [3.8, 4) is 28.5 Å². The Hall–Kier alpha value is -2.86. The smallest absolute Gasteiger partial charge is 0.242 e. The molecule has 200 valence electrons. The fraction of sp³-hybridized carbons (Fsp3) is 0.423. The van der Waals surface area contributed by atoms with E-state index in [4.69, 9.17) is 23.9 Å². The van der Waals surface area contributed by atoms with Gasteiger partial charge >= 0.3 is 0 Å². The van der Waals surface area contributed by atoms with E-state index in [1.54, 1.807) is 39.5 Å². The summed E-state index contributed by atoms with van der Waals surface area (Å²) in [6.07, 6.45) is 2.05. The number of ether oxygens (including phenoxy) is 4. The van der Waals surface area contributed by atoms with Gasteiger partial charge in [0.2, 0.25) is 15.8 Å². The molecule has 11 heteroatoms. The highest BCUT2D eigenvalue weighted by Crippen LogP contribution is 2.41. The molecule has 0 N–H and O–H groups in total. The molecule has 4 rings (SSSR count). The van der Waals surface area contributed by atoms with Crippen molar-refractivity contribution in [2.24, 2.45) is 4.99 Å². The first-order valence-corrected chi connectivity index (χ1v) is 14.2. The monoisotopic (exact) mass is 547 g/mol. The predicted molar refractivity (Wildman–Crippen MR) is 144 cm³/mol. The topological polar surface area (TPSA) is 91.6 Å². The van der Waals surface area contributed by atoms with Crippen molar-refractivity contribution in [3.05, 3.63) is 46.1 Å². The Labute approximate surface area is 221 Å². The zero-order valence-electron chi connectivity index (χ0n) is 22.0. The summed E-state index contributed by atoms with van der Waals surface area (Å²) in [5.41, 5.74) is 3.28. The van der Waals surface area contributed by atoms with Crippen molar-refractivity contribution in [2.75, 3.05) is 42.0 Å². The van der Waals surface area contributed by atoms with Crippen molar-refractivity contribution in [2.45, 2.75) is 37.3 Å². The van der Waals surface area contributed by atoms with Gasteiger partial charge in [-0.2, -0.15) is 0 Å². The lowest BCUT2D eigenvalue weighted by molar-refractivity contribution is 0.0968. The largest absolute Gasteiger partial charge is 0.493 e. The maximum atomic E-state index is 12.7. The molecule has 0 unspecified atom stereocenters. The Bertz CT molecular complexity index is 1410. The normalized spacial score (nSPS) is 16.4. The summed E-state index contributed by atoms with van der Waals surface area (Å²) in [4.78, 5) is 5.88. The van der Waals surface area contributed by atoms with Gasteiger partial charge in [-0.1, -0.05) is 6.07 Å². The number of aryl methyl sites for hydroxylation is 1. The Balaban J connectivity index is 1.89. The van der Waals surface area contributed by atoms with Crippen LogP contribution in [0.2, 0.25) is 0 Å². The Morgan fingerprint density at radius 3 is 2.38 bits per heavy atom. The van der Waals surface area contributed by atoms with Gasteiger partial charge in [0.15, 0.2) is 16.3 Å². The van der Waals surface area contributed by atoms with Crippen LogP contribution in [-0.2, 0) is 21.3 Å². The van der Waals surface area contributed by atoms with Crippen LogP contribution in [0, 0.1) is 6.92 Å². The van der Waals surface area contributed by atoms with E-state index in [1.165, 1.54) is 29.7 Å². The SMILES string of the molecule is COc1cc(-c2csc(=Nc3cc(S(=O)(=O)N(C)C)ccc3C)n2C[C@@H]2CCCO2)cc(OC)c1OC. The highest BCUT2D eigenvalue weighted by Gasteiger charge is 2.22. The molecule has 0 bridgehead atoms. The van der Waals surface area contributed by atoms with E-state index in [9.17, 15) is 8.42 Å². The molecule has 0 amide bonds. The summed E-state index contributed by atoms with van der Waals surface area (Å²) in [7, 11) is 4.21. The summed E-state index contributed by atoms with van der Waals surface area (Å²) in [6, 6.07) is 8.84. The van der Waals surface area contributed by atoms with E-state index in [1.807, 2.05) is 24.4 Å². The van der Waals surface area contributed by atoms with Gasteiger partial charge in [-0.05, 0) is 49.6 Å². The molecule has 3 aromatic rings. The molecule has 0 saturated carbocycles. The lowest BCUT2D eigenvalue weighted by Crippen LogP contribution is -2.24. The standard InChI is InChI=1S/C26H33N3O6S2/c1-17-9-10-20(37(30,31)28(2)3)14-21(17)27-26-29(15-19-8-7-11-35-19)22(16-36-26)18-12-23(32-4)25(34-6)24(13-18)33-5/h9-10,12-14,16,19H,7-8,11,15H2,1-6H3/t19-/m0/s1. The van der Waals surface area contributed by atoms with E-state index in [0.717, 1.165) is 41.1 Å². The molecular formula is C26H33N3O6S2. The molecule has 2 aromatic carbocycles. The summed E-state index contributed by atoms with van der Waals surface area (Å²) in [5.74, 6) is 1.64. The van der Waals surface area contributed by atoms with Crippen LogP contribution < -0.4 is 19.0 Å². The molecular weight excluding hydrogens is 514 g/mol. The van der Waals surface area contributed by atoms with Gasteiger partial charge in [0.25, 0.3) is 0 Å². The van der Waals surface area contributed by atoms with Crippen molar-refractivity contribution in [3.63, 3.8) is 0 Å². The number of rotatable bonds is 9. The summed E-state index contributed by atoms with van der Waals surface area (Å²) < 4.78 is 51.4. The third-order valence-electron chi connectivity index (χ3n) is 6.34. The Morgan fingerprint density at radius 2 is 1.81 bits per heavy atom. The van der Waals surface area contributed by atoms with Gasteiger partial charge in [-0.15, -0.1) is 11.3 Å². The molecule has 1 fully saturated rings. The number of hydrogen-bond acceptors (Lipinski definition) is 8. The maximum Gasteiger partial charge on any atom is 0.242 e. The summed E-state index contributed by atoms with van der Waals surface area (Å²) in [5, 5.41) is 2.03. The molecule has 1 aromatic heterocycles. The second-order valence-electron chi connectivity index (χ2n) is 8.91. The van der Waals surface area contributed by atoms with Crippen LogP contribution in [0.5, 0.6) is 17.2 Å². The fourth-order valence-corrected chi connectivity index (χ4v) is 6.08. The van der Waals surface area contributed by atoms with E-state index in [0.29, 0.717) is 29.5 Å². The summed E-state index contributed by atoms with van der Waals surface area (Å²) >= 11 is 1.48. The lowest BCUT2D eigenvalue weighted by Gasteiger charge is -2.17. The van der Waals surface area contributed by atoms with E-state index >= 15 is 0 Å². The van der Waals surface area contributed by atoms with Gasteiger partial charge in [0.05, 0.1) is 50.3 Å². The van der Waals surface area contributed by atoms with Crippen LogP contribution in [0.25, 0.3) is 11.3 Å².